The quantitative estimate of drug-likeness (QED) is 0.766. The molecule has 0 aliphatic heterocycles. The van der Waals surface area contributed by atoms with Gasteiger partial charge in [0.1, 0.15) is 11.3 Å². The Bertz CT molecular complexity index is 621. The number of alkyl halides is 1. The number of fused-ring (bicyclic) bond motifs is 1. The van der Waals surface area contributed by atoms with E-state index in [-0.39, 0.29) is 0 Å². The minimum Gasteiger partial charge on any atom is -0.312 e. The van der Waals surface area contributed by atoms with Gasteiger partial charge in [-0.05, 0) is 31.1 Å². The van der Waals surface area contributed by atoms with E-state index >= 15 is 0 Å². The summed E-state index contributed by atoms with van der Waals surface area (Å²) in [6, 6.07) is 0. The van der Waals surface area contributed by atoms with Gasteiger partial charge in [-0.1, -0.05) is 13.8 Å². The molecule has 0 amide bonds. The van der Waals surface area contributed by atoms with Gasteiger partial charge in [0, 0.05) is 25.9 Å². The van der Waals surface area contributed by atoms with Crippen LogP contribution in [0.4, 0.5) is 0 Å². The number of nitrogens with zero attached hydrogens (tertiary/aromatic N) is 4. The molecule has 1 fully saturated rings. The van der Waals surface area contributed by atoms with Gasteiger partial charge in [-0.2, -0.15) is 5.10 Å². The first-order chi connectivity index (χ1) is 9.64. The highest BCUT2D eigenvalue weighted by Crippen LogP contribution is 2.50. The Labute approximate surface area is 125 Å². The van der Waals surface area contributed by atoms with Gasteiger partial charge in [0.15, 0.2) is 5.65 Å². The van der Waals surface area contributed by atoms with Crippen LogP contribution in [0.15, 0.2) is 0 Å². The first kappa shape index (κ1) is 13.9. The summed E-state index contributed by atoms with van der Waals surface area (Å²) in [6.07, 6.45) is 5.67. The molecule has 2 aromatic heterocycles. The molecule has 0 saturated heterocycles. The summed E-state index contributed by atoms with van der Waals surface area (Å²) in [4.78, 5) is 4.84. The van der Waals surface area contributed by atoms with E-state index in [1.165, 1.54) is 24.9 Å². The Kier molecular flexibility index (Phi) is 3.53. The molecule has 0 bridgehead atoms. The van der Waals surface area contributed by atoms with Crippen molar-refractivity contribution in [2.24, 2.45) is 12.5 Å². The van der Waals surface area contributed by atoms with Gasteiger partial charge in [-0.25, -0.2) is 4.98 Å². The molecule has 2 aromatic rings. The number of rotatable bonds is 6. The van der Waals surface area contributed by atoms with Crippen molar-refractivity contribution in [1.29, 1.82) is 0 Å². The number of aromatic nitrogens is 4. The second-order valence-corrected chi connectivity index (χ2v) is 6.38. The molecule has 1 aliphatic rings. The zero-order valence-corrected chi connectivity index (χ0v) is 13.4. The third-order valence-electron chi connectivity index (χ3n) is 4.72. The molecule has 20 heavy (non-hydrogen) atoms. The largest absolute Gasteiger partial charge is 0.312 e. The third kappa shape index (κ3) is 2.14. The van der Waals surface area contributed by atoms with Crippen LogP contribution in [-0.2, 0) is 26.4 Å². The van der Waals surface area contributed by atoms with Crippen molar-refractivity contribution in [3.63, 3.8) is 0 Å². The van der Waals surface area contributed by atoms with Crippen LogP contribution in [0.1, 0.15) is 44.6 Å². The molecular weight excluding hydrogens is 272 g/mol. The monoisotopic (exact) mass is 294 g/mol. The van der Waals surface area contributed by atoms with Crippen molar-refractivity contribution in [3.8, 4) is 0 Å². The van der Waals surface area contributed by atoms with Crippen LogP contribution in [0.3, 0.4) is 0 Å². The molecule has 1 saturated carbocycles. The molecule has 3 rings (SSSR count). The lowest BCUT2D eigenvalue weighted by Crippen LogP contribution is -2.15. The van der Waals surface area contributed by atoms with Crippen LogP contribution in [-0.4, -0.2) is 25.2 Å². The smallest absolute Gasteiger partial charge is 0.158 e. The van der Waals surface area contributed by atoms with Gasteiger partial charge in [-0.3, -0.25) is 4.68 Å². The van der Waals surface area contributed by atoms with E-state index in [0.717, 1.165) is 36.4 Å². The van der Waals surface area contributed by atoms with E-state index in [1.54, 1.807) is 0 Å². The Morgan fingerprint density at radius 3 is 2.60 bits per heavy atom. The second kappa shape index (κ2) is 5.06. The van der Waals surface area contributed by atoms with Crippen LogP contribution in [0.25, 0.3) is 11.2 Å². The van der Waals surface area contributed by atoms with Crippen molar-refractivity contribution in [1.82, 2.24) is 19.3 Å². The van der Waals surface area contributed by atoms with Gasteiger partial charge in [0.05, 0.1) is 5.69 Å². The normalized spacial score (nSPS) is 17.0. The van der Waals surface area contributed by atoms with Crippen molar-refractivity contribution in [2.45, 2.75) is 52.5 Å². The minimum absolute atomic E-state index is 0.491. The van der Waals surface area contributed by atoms with Gasteiger partial charge < -0.3 is 4.57 Å². The van der Waals surface area contributed by atoms with E-state index in [1.807, 2.05) is 11.7 Å². The number of imidazole rings is 1. The molecule has 4 nitrogen and oxygen atoms in total. The number of halogens is 1. The van der Waals surface area contributed by atoms with Crippen LogP contribution >= 0.6 is 11.6 Å². The summed E-state index contributed by atoms with van der Waals surface area (Å²) in [5.41, 5.74) is 3.83. The third-order valence-corrected chi connectivity index (χ3v) is 4.91. The second-order valence-electron chi connectivity index (χ2n) is 6.00. The first-order valence-electron chi connectivity index (χ1n) is 7.61. The summed E-state index contributed by atoms with van der Waals surface area (Å²) in [7, 11) is 2.02. The maximum atomic E-state index is 5.96. The molecule has 0 aromatic carbocycles. The Morgan fingerprint density at radius 1 is 1.30 bits per heavy atom. The molecule has 2 heterocycles. The maximum Gasteiger partial charge on any atom is 0.158 e. The van der Waals surface area contributed by atoms with Gasteiger partial charge in [0.25, 0.3) is 0 Å². The zero-order chi connectivity index (χ0) is 14.3. The summed E-state index contributed by atoms with van der Waals surface area (Å²) in [5, 5.41) is 4.61. The molecule has 0 spiro atoms. The first-order valence-corrected chi connectivity index (χ1v) is 8.14. The Balaban J connectivity index is 2.10. The highest BCUT2D eigenvalue weighted by molar-refractivity contribution is 6.17. The predicted octanol–water partition coefficient (Wildman–Crippen LogP) is 3.30. The molecule has 1 aliphatic carbocycles. The van der Waals surface area contributed by atoms with Crippen molar-refractivity contribution >= 4 is 22.8 Å². The molecule has 0 atom stereocenters. The SMILES string of the molecule is CCc1nn(C)c2c1nc(CCCl)n2CC1(CC)CC1. The standard InChI is InChI=1S/C15H23ClN4/c1-4-11-13-14(19(3)18-11)20(12(17-13)6-9-16)10-15(5-2)7-8-15/h4-10H2,1-3H3. The van der Waals surface area contributed by atoms with Crippen LogP contribution < -0.4 is 0 Å². The Morgan fingerprint density at radius 2 is 2.05 bits per heavy atom. The topological polar surface area (TPSA) is 35.6 Å². The molecule has 0 radical (unpaired) electrons. The fraction of sp³-hybridized carbons (Fsp3) is 0.733. The lowest BCUT2D eigenvalue weighted by atomic mass is 10.0. The van der Waals surface area contributed by atoms with Crippen LogP contribution in [0, 0.1) is 5.41 Å². The summed E-state index contributed by atoms with van der Waals surface area (Å²) in [5.74, 6) is 1.74. The Hall–Kier alpha value is -1.03. The highest BCUT2D eigenvalue weighted by atomic mass is 35.5. The van der Waals surface area contributed by atoms with E-state index in [4.69, 9.17) is 16.6 Å². The highest BCUT2D eigenvalue weighted by Gasteiger charge is 2.42. The molecule has 110 valence electrons. The average Bonchev–Trinajstić information content (AvgIpc) is 3.04. The lowest BCUT2D eigenvalue weighted by Gasteiger charge is -2.16. The maximum absolute atomic E-state index is 5.96. The number of hydrogen-bond acceptors (Lipinski definition) is 2. The average molecular weight is 295 g/mol. The lowest BCUT2D eigenvalue weighted by molar-refractivity contribution is 0.404. The number of hydrogen-bond donors (Lipinski definition) is 0. The van der Waals surface area contributed by atoms with E-state index < -0.39 is 0 Å². The number of aryl methyl sites for hydroxylation is 3. The molecule has 0 unspecified atom stereocenters. The molecule has 5 heteroatoms. The summed E-state index contributed by atoms with van der Waals surface area (Å²) < 4.78 is 4.37. The molecular formula is C15H23ClN4. The minimum atomic E-state index is 0.491. The van der Waals surface area contributed by atoms with Gasteiger partial charge >= 0.3 is 0 Å². The fourth-order valence-electron chi connectivity index (χ4n) is 3.10. The summed E-state index contributed by atoms with van der Waals surface area (Å²) in [6.45, 7) is 5.49. The van der Waals surface area contributed by atoms with E-state index in [9.17, 15) is 0 Å². The predicted molar refractivity (Wildman–Crippen MR) is 82.3 cm³/mol. The van der Waals surface area contributed by atoms with Crippen molar-refractivity contribution in [3.05, 3.63) is 11.5 Å². The fourth-order valence-corrected chi connectivity index (χ4v) is 3.27. The van der Waals surface area contributed by atoms with Crippen molar-refractivity contribution in [2.75, 3.05) is 5.88 Å². The summed E-state index contributed by atoms with van der Waals surface area (Å²) >= 11 is 5.96. The van der Waals surface area contributed by atoms with Crippen molar-refractivity contribution < 1.29 is 0 Å². The van der Waals surface area contributed by atoms with Gasteiger partial charge in [-0.15, -0.1) is 11.6 Å². The van der Waals surface area contributed by atoms with Gasteiger partial charge in [0.2, 0.25) is 0 Å². The van der Waals surface area contributed by atoms with Crippen LogP contribution in [0.5, 0.6) is 0 Å². The van der Waals surface area contributed by atoms with E-state index in [0.29, 0.717) is 11.3 Å². The zero-order valence-electron chi connectivity index (χ0n) is 12.6. The van der Waals surface area contributed by atoms with E-state index in [2.05, 4.69) is 23.5 Å². The van der Waals surface area contributed by atoms with Crippen LogP contribution in [0.2, 0.25) is 0 Å². The molecule has 0 N–H and O–H groups in total.